The predicted octanol–water partition coefficient (Wildman–Crippen LogP) is 4.69. The number of hydrogen-bond acceptors (Lipinski definition) is 4. The first-order chi connectivity index (χ1) is 16.7. The van der Waals surface area contributed by atoms with Crippen LogP contribution in [0.3, 0.4) is 0 Å². The van der Waals surface area contributed by atoms with Gasteiger partial charge in [-0.05, 0) is 91.1 Å². The van der Waals surface area contributed by atoms with Crippen molar-refractivity contribution in [3.05, 3.63) is 61.5 Å². The molecule has 0 spiro atoms. The lowest BCUT2D eigenvalue weighted by atomic mass is 9.89. The van der Waals surface area contributed by atoms with Gasteiger partial charge >= 0.3 is 0 Å². The van der Waals surface area contributed by atoms with Gasteiger partial charge < -0.3 is 19.7 Å². The standard InChI is InChI=1S/C28H39ClN4O2/c1-6-32(22-11-9-21(10-12-22)31(4)5)26-15-20(29)14-24(18(26)2)28(35)30-17-25-19(3)33-13-7-8-23(33)16-27(25)34/h14-16,21-22H,6-13,17H2,1-5H3,(H,30,35). The van der Waals surface area contributed by atoms with Crippen molar-refractivity contribution in [3.8, 4) is 0 Å². The van der Waals surface area contributed by atoms with Crippen LogP contribution in [-0.4, -0.2) is 48.1 Å². The minimum Gasteiger partial charge on any atom is -0.369 e. The topological polar surface area (TPSA) is 57.6 Å². The fraction of sp³-hybridized carbons (Fsp3) is 0.571. The molecule has 0 radical (unpaired) electrons. The predicted molar refractivity (Wildman–Crippen MR) is 144 cm³/mol. The molecule has 4 rings (SSSR count). The molecule has 35 heavy (non-hydrogen) atoms. The Labute approximate surface area is 214 Å². The number of aromatic nitrogens is 1. The quantitative estimate of drug-likeness (QED) is 0.601. The van der Waals surface area contributed by atoms with E-state index >= 15 is 0 Å². The van der Waals surface area contributed by atoms with Gasteiger partial charge in [0.2, 0.25) is 0 Å². The number of carbonyl (C=O) groups excluding carboxylic acids is 1. The van der Waals surface area contributed by atoms with Crippen molar-refractivity contribution in [2.75, 3.05) is 25.5 Å². The fourth-order valence-electron chi connectivity index (χ4n) is 6.00. The lowest BCUT2D eigenvalue weighted by Crippen LogP contribution is -2.42. The average Bonchev–Trinajstić information content (AvgIpc) is 3.30. The summed E-state index contributed by atoms with van der Waals surface area (Å²) in [5, 5.41) is 3.56. The van der Waals surface area contributed by atoms with E-state index in [-0.39, 0.29) is 17.9 Å². The van der Waals surface area contributed by atoms with E-state index in [0.717, 1.165) is 61.4 Å². The molecule has 1 amide bonds. The summed E-state index contributed by atoms with van der Waals surface area (Å²) in [5.41, 5.74) is 5.27. The summed E-state index contributed by atoms with van der Waals surface area (Å²) in [6, 6.07) is 6.55. The molecule has 1 saturated carbocycles. The minimum absolute atomic E-state index is 0.00457. The number of carbonyl (C=O) groups is 1. The number of anilines is 1. The van der Waals surface area contributed by atoms with Crippen molar-refractivity contribution in [1.29, 1.82) is 0 Å². The first kappa shape index (κ1) is 25.8. The van der Waals surface area contributed by atoms with E-state index in [4.69, 9.17) is 11.6 Å². The summed E-state index contributed by atoms with van der Waals surface area (Å²) in [6.45, 7) is 8.17. The van der Waals surface area contributed by atoms with Crippen LogP contribution in [0.1, 0.15) is 71.9 Å². The van der Waals surface area contributed by atoms with E-state index in [9.17, 15) is 9.59 Å². The molecule has 0 bridgehead atoms. The Hall–Kier alpha value is -2.31. The van der Waals surface area contributed by atoms with Gasteiger partial charge in [-0.1, -0.05) is 11.6 Å². The Bertz CT molecular complexity index is 1150. The van der Waals surface area contributed by atoms with E-state index < -0.39 is 0 Å². The van der Waals surface area contributed by atoms with Crippen LogP contribution in [0, 0.1) is 13.8 Å². The molecular weight excluding hydrogens is 460 g/mol. The second-order valence-electron chi connectivity index (χ2n) is 10.3. The molecule has 1 N–H and O–H groups in total. The highest BCUT2D eigenvalue weighted by molar-refractivity contribution is 6.31. The lowest BCUT2D eigenvalue weighted by molar-refractivity contribution is 0.0950. The number of benzene rings is 1. The highest BCUT2D eigenvalue weighted by Crippen LogP contribution is 2.34. The third kappa shape index (κ3) is 5.29. The van der Waals surface area contributed by atoms with Crippen LogP contribution >= 0.6 is 11.6 Å². The summed E-state index contributed by atoms with van der Waals surface area (Å²) < 4.78 is 2.20. The lowest BCUT2D eigenvalue weighted by Gasteiger charge is -2.40. The van der Waals surface area contributed by atoms with Gasteiger partial charge in [0.1, 0.15) is 0 Å². The molecule has 0 unspecified atom stereocenters. The van der Waals surface area contributed by atoms with Gasteiger partial charge in [0.05, 0.1) is 0 Å². The molecule has 1 aliphatic heterocycles. The van der Waals surface area contributed by atoms with Gasteiger partial charge in [0.15, 0.2) is 5.43 Å². The Morgan fingerprint density at radius 3 is 2.46 bits per heavy atom. The van der Waals surface area contributed by atoms with E-state index in [1.54, 1.807) is 12.1 Å². The Balaban J connectivity index is 1.54. The monoisotopic (exact) mass is 498 g/mol. The van der Waals surface area contributed by atoms with E-state index in [1.165, 1.54) is 12.8 Å². The molecule has 0 atom stereocenters. The second-order valence-corrected chi connectivity index (χ2v) is 10.7. The van der Waals surface area contributed by atoms with Crippen LogP contribution in [0.2, 0.25) is 5.02 Å². The zero-order chi connectivity index (χ0) is 25.3. The summed E-state index contributed by atoms with van der Waals surface area (Å²) >= 11 is 6.54. The molecule has 2 heterocycles. The van der Waals surface area contributed by atoms with E-state index in [2.05, 4.69) is 40.7 Å². The molecule has 1 fully saturated rings. The molecule has 1 aromatic heterocycles. The average molecular weight is 499 g/mol. The summed E-state index contributed by atoms with van der Waals surface area (Å²) in [4.78, 5) is 30.7. The van der Waals surface area contributed by atoms with Crippen molar-refractivity contribution < 1.29 is 4.79 Å². The molecule has 0 saturated heterocycles. The Morgan fingerprint density at radius 2 is 1.80 bits per heavy atom. The van der Waals surface area contributed by atoms with Gasteiger partial charge in [0.25, 0.3) is 5.91 Å². The fourth-order valence-corrected chi connectivity index (χ4v) is 6.21. The highest BCUT2D eigenvalue weighted by Gasteiger charge is 2.28. The zero-order valence-electron chi connectivity index (χ0n) is 21.8. The summed E-state index contributed by atoms with van der Waals surface area (Å²) in [5.74, 6) is -0.192. The number of amides is 1. The number of rotatable bonds is 7. The molecular formula is C28H39ClN4O2. The molecule has 1 aromatic carbocycles. The van der Waals surface area contributed by atoms with Crippen molar-refractivity contribution in [3.63, 3.8) is 0 Å². The normalized spacial score (nSPS) is 19.6. The molecule has 2 aliphatic rings. The van der Waals surface area contributed by atoms with Crippen LogP contribution in [0.15, 0.2) is 23.0 Å². The van der Waals surface area contributed by atoms with Crippen molar-refractivity contribution in [1.82, 2.24) is 14.8 Å². The largest absolute Gasteiger partial charge is 0.369 e. The van der Waals surface area contributed by atoms with Crippen LogP contribution in [0.5, 0.6) is 0 Å². The smallest absolute Gasteiger partial charge is 0.251 e. The number of fused-ring (bicyclic) bond motifs is 1. The van der Waals surface area contributed by atoms with Crippen molar-refractivity contribution >= 4 is 23.2 Å². The number of nitrogens with zero attached hydrogens (tertiary/aromatic N) is 3. The number of nitrogens with one attached hydrogen (secondary N) is 1. The first-order valence-corrected chi connectivity index (χ1v) is 13.3. The van der Waals surface area contributed by atoms with E-state index in [1.807, 2.05) is 19.9 Å². The maximum absolute atomic E-state index is 13.3. The van der Waals surface area contributed by atoms with Gasteiger partial charge in [-0.2, -0.15) is 0 Å². The van der Waals surface area contributed by atoms with Gasteiger partial charge in [0, 0.05) is 71.0 Å². The minimum atomic E-state index is -0.192. The van der Waals surface area contributed by atoms with Crippen molar-refractivity contribution in [2.24, 2.45) is 0 Å². The Kier molecular flexibility index (Phi) is 7.92. The highest BCUT2D eigenvalue weighted by atomic mass is 35.5. The summed E-state index contributed by atoms with van der Waals surface area (Å²) in [7, 11) is 4.32. The Morgan fingerprint density at radius 1 is 1.11 bits per heavy atom. The van der Waals surface area contributed by atoms with Crippen LogP contribution in [0.25, 0.3) is 0 Å². The van der Waals surface area contributed by atoms with Gasteiger partial charge in [-0.3, -0.25) is 9.59 Å². The number of aryl methyl sites for hydroxylation is 1. The molecule has 2 aromatic rings. The zero-order valence-corrected chi connectivity index (χ0v) is 22.5. The van der Waals surface area contributed by atoms with Crippen LogP contribution < -0.4 is 15.6 Å². The molecule has 1 aliphatic carbocycles. The van der Waals surface area contributed by atoms with Crippen LogP contribution in [-0.2, 0) is 19.5 Å². The SMILES string of the molecule is CCN(c1cc(Cl)cc(C(=O)NCc2c(C)n3c(cc2=O)CCC3)c1C)C1CCC(N(C)C)CC1. The third-order valence-electron chi connectivity index (χ3n) is 8.10. The summed E-state index contributed by atoms with van der Waals surface area (Å²) in [6.07, 6.45) is 6.62. The van der Waals surface area contributed by atoms with E-state index in [0.29, 0.717) is 28.2 Å². The number of pyridine rings is 1. The maximum Gasteiger partial charge on any atom is 0.251 e. The van der Waals surface area contributed by atoms with Crippen molar-refractivity contribution in [2.45, 2.75) is 84.5 Å². The second kappa shape index (κ2) is 10.8. The number of halogens is 1. The third-order valence-corrected chi connectivity index (χ3v) is 8.32. The van der Waals surface area contributed by atoms with Crippen LogP contribution in [0.4, 0.5) is 5.69 Å². The molecule has 7 heteroatoms. The number of hydrogen-bond donors (Lipinski definition) is 1. The first-order valence-electron chi connectivity index (χ1n) is 12.9. The molecule has 6 nitrogen and oxygen atoms in total. The van der Waals surface area contributed by atoms with Gasteiger partial charge in [-0.25, -0.2) is 0 Å². The van der Waals surface area contributed by atoms with Gasteiger partial charge in [-0.15, -0.1) is 0 Å². The molecule has 190 valence electrons. The maximum atomic E-state index is 13.3.